The maximum Gasteiger partial charge on any atom is 0.419 e. The van der Waals surface area contributed by atoms with Crippen LogP contribution in [0.1, 0.15) is 33.7 Å². The fourth-order valence-corrected chi connectivity index (χ4v) is 1.47. The van der Waals surface area contributed by atoms with E-state index in [4.69, 9.17) is 17.3 Å². The number of rotatable bonds is 3. The summed E-state index contributed by atoms with van der Waals surface area (Å²) < 4.78 is 63.1. The van der Waals surface area contributed by atoms with Gasteiger partial charge in [-0.05, 0) is 17.7 Å². The molecule has 0 radical (unpaired) electrons. The van der Waals surface area contributed by atoms with Crippen molar-refractivity contribution < 1.29 is 26.7 Å². The number of pyridine rings is 1. The quantitative estimate of drug-likeness (QED) is 0.687. The molecule has 3 nitrogen and oxygen atoms in total. The second-order valence-corrected chi connectivity index (χ2v) is 3.55. The smallest absolute Gasteiger partial charge is 0.325 e. The predicted octanol–water partition coefficient (Wildman–Crippen LogP) is 2.88. The molecule has 1 heterocycles. The first-order chi connectivity index (χ1) is 8.18. The minimum absolute atomic E-state index is 0.276. The van der Waals surface area contributed by atoms with Gasteiger partial charge in [-0.1, -0.05) is 0 Å². The Hall–Kier alpha value is -1.28. The molecule has 0 aliphatic carbocycles. The molecule has 0 atom stereocenters. The summed E-state index contributed by atoms with van der Waals surface area (Å²) in [7, 11) is 0. The molecule has 100 valence electrons. The Labute approximate surface area is 103 Å². The molecule has 1 rings (SSSR count). The molecule has 0 saturated heterocycles. The summed E-state index contributed by atoms with van der Waals surface area (Å²) in [5, 5.41) is -1.57. The van der Waals surface area contributed by atoms with Crippen molar-refractivity contribution in [3.05, 3.63) is 28.6 Å². The SMILES string of the molecule is NCc1cc(C(F)F)c(C(F)(F)F)c(C(=O)Cl)n1. The molecule has 0 spiro atoms. The van der Waals surface area contributed by atoms with Crippen LogP contribution in [0, 0.1) is 0 Å². The van der Waals surface area contributed by atoms with Gasteiger partial charge in [-0.15, -0.1) is 0 Å². The van der Waals surface area contributed by atoms with E-state index in [1.165, 1.54) is 0 Å². The first-order valence-corrected chi connectivity index (χ1v) is 4.85. The molecule has 0 fully saturated rings. The van der Waals surface area contributed by atoms with Gasteiger partial charge in [-0.3, -0.25) is 4.79 Å². The van der Waals surface area contributed by atoms with E-state index in [2.05, 4.69) is 4.98 Å². The van der Waals surface area contributed by atoms with Gasteiger partial charge < -0.3 is 5.73 Å². The zero-order valence-corrected chi connectivity index (χ0v) is 9.32. The lowest BCUT2D eigenvalue weighted by Gasteiger charge is -2.15. The van der Waals surface area contributed by atoms with Gasteiger partial charge in [0.25, 0.3) is 11.7 Å². The summed E-state index contributed by atoms with van der Waals surface area (Å²) in [5.74, 6) is 0. The summed E-state index contributed by atoms with van der Waals surface area (Å²) in [5.41, 5.74) is 0.383. The number of aromatic nitrogens is 1. The fraction of sp³-hybridized carbons (Fsp3) is 0.333. The lowest BCUT2D eigenvalue weighted by Crippen LogP contribution is -2.18. The number of nitrogens with zero attached hydrogens (tertiary/aromatic N) is 1. The fourth-order valence-electron chi connectivity index (χ4n) is 1.34. The molecule has 18 heavy (non-hydrogen) atoms. The zero-order chi connectivity index (χ0) is 14.1. The number of nitrogens with two attached hydrogens (primary N) is 1. The van der Waals surface area contributed by atoms with E-state index in [0.717, 1.165) is 0 Å². The first kappa shape index (κ1) is 14.8. The lowest BCUT2D eigenvalue weighted by molar-refractivity contribution is -0.140. The molecule has 0 amide bonds. The van der Waals surface area contributed by atoms with Crippen LogP contribution < -0.4 is 5.73 Å². The van der Waals surface area contributed by atoms with Gasteiger partial charge in [0.15, 0.2) is 0 Å². The first-order valence-electron chi connectivity index (χ1n) is 4.47. The topological polar surface area (TPSA) is 56.0 Å². The summed E-state index contributed by atoms with van der Waals surface area (Å²) in [6, 6.07) is 0.511. The maximum atomic E-state index is 12.6. The standard InChI is InChI=1S/C9H6ClF5N2O/c10-7(18)6-5(9(13,14)15)4(8(11)12)1-3(2-16)17-6/h1,8H,2,16H2. The van der Waals surface area contributed by atoms with Crippen LogP contribution in [-0.4, -0.2) is 10.2 Å². The molecule has 1 aromatic heterocycles. The highest BCUT2D eigenvalue weighted by molar-refractivity contribution is 6.67. The van der Waals surface area contributed by atoms with Crippen LogP contribution in [0.25, 0.3) is 0 Å². The largest absolute Gasteiger partial charge is 0.419 e. The van der Waals surface area contributed by atoms with Gasteiger partial charge in [0.05, 0.1) is 11.3 Å². The molecule has 9 heteroatoms. The van der Waals surface area contributed by atoms with Gasteiger partial charge in [0.1, 0.15) is 5.69 Å². The van der Waals surface area contributed by atoms with Gasteiger partial charge in [-0.25, -0.2) is 13.8 Å². The number of halogens is 6. The Morgan fingerprint density at radius 1 is 1.44 bits per heavy atom. The summed E-state index contributed by atoms with van der Waals surface area (Å²) >= 11 is 4.93. The zero-order valence-electron chi connectivity index (χ0n) is 8.56. The van der Waals surface area contributed by atoms with Crippen LogP contribution in [0.5, 0.6) is 0 Å². The Morgan fingerprint density at radius 3 is 2.33 bits per heavy atom. The van der Waals surface area contributed by atoms with E-state index in [1.807, 2.05) is 0 Å². The van der Waals surface area contributed by atoms with Crippen molar-refractivity contribution in [2.75, 3.05) is 0 Å². The monoisotopic (exact) mass is 288 g/mol. The van der Waals surface area contributed by atoms with Crippen molar-refractivity contribution >= 4 is 16.8 Å². The highest BCUT2D eigenvalue weighted by Gasteiger charge is 2.41. The normalized spacial score (nSPS) is 12.0. The van der Waals surface area contributed by atoms with Crippen molar-refractivity contribution in [2.24, 2.45) is 5.73 Å². The van der Waals surface area contributed by atoms with E-state index in [1.54, 1.807) is 0 Å². The van der Waals surface area contributed by atoms with E-state index < -0.39 is 41.2 Å². The third-order valence-corrected chi connectivity index (χ3v) is 2.20. The second kappa shape index (κ2) is 5.15. The average molecular weight is 289 g/mol. The molecule has 0 aromatic carbocycles. The summed E-state index contributed by atoms with van der Waals surface area (Å²) in [6.45, 7) is -0.394. The molecule has 0 bridgehead atoms. The van der Waals surface area contributed by atoms with Gasteiger partial charge >= 0.3 is 6.18 Å². The number of carbonyl (C=O) groups excluding carboxylic acids is 1. The Kier molecular flexibility index (Phi) is 4.23. The van der Waals surface area contributed by atoms with Gasteiger partial charge in [0, 0.05) is 12.1 Å². The van der Waals surface area contributed by atoms with Crippen LogP contribution in [0.15, 0.2) is 6.07 Å². The van der Waals surface area contributed by atoms with E-state index in [0.29, 0.717) is 6.07 Å². The van der Waals surface area contributed by atoms with Crippen LogP contribution >= 0.6 is 11.6 Å². The summed E-state index contributed by atoms with van der Waals surface area (Å²) in [6.07, 6.45) is -8.59. The Bertz CT molecular complexity index is 475. The lowest BCUT2D eigenvalue weighted by atomic mass is 10.0. The van der Waals surface area contributed by atoms with E-state index >= 15 is 0 Å². The molecule has 0 aliphatic rings. The van der Waals surface area contributed by atoms with Gasteiger partial charge in [-0.2, -0.15) is 13.2 Å². The third kappa shape index (κ3) is 2.94. The van der Waals surface area contributed by atoms with Gasteiger partial charge in [0.2, 0.25) is 0 Å². The van der Waals surface area contributed by atoms with Crippen LogP contribution in [0.2, 0.25) is 0 Å². The van der Waals surface area contributed by atoms with E-state index in [-0.39, 0.29) is 5.69 Å². The van der Waals surface area contributed by atoms with Crippen molar-refractivity contribution in [1.29, 1.82) is 0 Å². The molecule has 0 unspecified atom stereocenters. The highest BCUT2D eigenvalue weighted by Crippen LogP contribution is 2.38. The van der Waals surface area contributed by atoms with Crippen molar-refractivity contribution in [3.63, 3.8) is 0 Å². The molecule has 1 aromatic rings. The Morgan fingerprint density at radius 2 is 2.00 bits per heavy atom. The van der Waals surface area contributed by atoms with Crippen molar-refractivity contribution in [1.82, 2.24) is 4.98 Å². The molecular formula is C9H6ClF5N2O. The number of alkyl halides is 5. The predicted molar refractivity (Wildman–Crippen MR) is 52.3 cm³/mol. The molecule has 0 saturated carbocycles. The second-order valence-electron chi connectivity index (χ2n) is 3.20. The summed E-state index contributed by atoms with van der Waals surface area (Å²) in [4.78, 5) is 14.1. The van der Waals surface area contributed by atoms with Crippen molar-refractivity contribution in [3.8, 4) is 0 Å². The Balaban J connectivity index is 3.67. The number of hydrogen-bond donors (Lipinski definition) is 1. The maximum absolute atomic E-state index is 12.6. The molecule has 0 aliphatic heterocycles. The minimum atomic E-state index is -5.16. The number of carbonyl (C=O) groups is 1. The van der Waals surface area contributed by atoms with Crippen molar-refractivity contribution in [2.45, 2.75) is 19.1 Å². The van der Waals surface area contributed by atoms with Crippen LogP contribution in [0.3, 0.4) is 0 Å². The third-order valence-electron chi connectivity index (χ3n) is 2.02. The van der Waals surface area contributed by atoms with E-state index in [9.17, 15) is 26.7 Å². The molecular weight excluding hydrogens is 283 g/mol. The molecule has 2 N–H and O–H groups in total. The number of hydrogen-bond acceptors (Lipinski definition) is 3. The van der Waals surface area contributed by atoms with Crippen LogP contribution in [-0.2, 0) is 12.7 Å². The highest BCUT2D eigenvalue weighted by atomic mass is 35.5. The minimum Gasteiger partial charge on any atom is -0.325 e. The average Bonchev–Trinajstić information content (AvgIpc) is 2.25. The van der Waals surface area contributed by atoms with Crippen LogP contribution in [0.4, 0.5) is 22.0 Å².